The Kier molecular flexibility index (Phi) is 5.49. The second-order valence-corrected chi connectivity index (χ2v) is 3.99. The summed E-state index contributed by atoms with van der Waals surface area (Å²) in [5.74, 6) is 0.842. The summed E-state index contributed by atoms with van der Waals surface area (Å²) in [6.45, 7) is 2.47. The summed E-state index contributed by atoms with van der Waals surface area (Å²) in [6.07, 6.45) is 1.20. The van der Waals surface area contributed by atoms with E-state index in [-0.39, 0.29) is 11.9 Å². The summed E-state index contributed by atoms with van der Waals surface area (Å²) < 4.78 is 5.56. The molecule has 1 atom stereocenters. The summed E-state index contributed by atoms with van der Waals surface area (Å²) in [5, 5.41) is 2.58. The van der Waals surface area contributed by atoms with Crippen LogP contribution < -0.4 is 15.8 Å². The van der Waals surface area contributed by atoms with Gasteiger partial charge in [-0.05, 0) is 31.0 Å². The van der Waals surface area contributed by atoms with Crippen molar-refractivity contribution in [3.8, 4) is 5.75 Å². The van der Waals surface area contributed by atoms with Gasteiger partial charge in [-0.3, -0.25) is 4.79 Å². The second-order valence-electron chi connectivity index (χ2n) is 3.99. The fourth-order valence-corrected chi connectivity index (χ4v) is 1.44. The van der Waals surface area contributed by atoms with Crippen LogP contribution in [0.3, 0.4) is 0 Å². The molecule has 1 rings (SSSR count). The van der Waals surface area contributed by atoms with E-state index < -0.39 is 0 Å². The first-order valence-corrected chi connectivity index (χ1v) is 5.82. The van der Waals surface area contributed by atoms with Crippen molar-refractivity contribution in [2.45, 2.75) is 25.8 Å². The largest absolute Gasteiger partial charge is 0.494 e. The number of ether oxygens (including phenoxy) is 1. The molecule has 0 heterocycles. The molecule has 94 valence electrons. The van der Waals surface area contributed by atoms with Gasteiger partial charge in [-0.2, -0.15) is 0 Å². The Bertz CT molecular complexity index is 364. The lowest BCUT2D eigenvalue weighted by Crippen LogP contribution is -2.18. The van der Waals surface area contributed by atoms with Crippen LogP contribution in [0.4, 0.5) is 0 Å². The number of nitrogens with one attached hydrogen (secondary N) is 1. The van der Waals surface area contributed by atoms with Crippen LogP contribution in [0.25, 0.3) is 0 Å². The second kappa shape index (κ2) is 6.91. The fraction of sp³-hybridized carbons (Fsp3) is 0.462. The van der Waals surface area contributed by atoms with Crippen LogP contribution in [0, 0.1) is 0 Å². The maximum atomic E-state index is 11.0. The van der Waals surface area contributed by atoms with E-state index in [2.05, 4.69) is 5.32 Å². The number of carbonyl (C=O) groups excluding carboxylic acids is 1. The Balaban J connectivity index is 2.36. The molecule has 1 amide bonds. The number of nitrogens with two attached hydrogens (primary N) is 1. The molecule has 0 aliphatic heterocycles. The van der Waals surface area contributed by atoms with Crippen LogP contribution in [-0.2, 0) is 4.79 Å². The van der Waals surface area contributed by atoms with Crippen LogP contribution >= 0.6 is 0 Å². The molecule has 0 radical (unpaired) electrons. The minimum atomic E-state index is 0.00409. The van der Waals surface area contributed by atoms with Gasteiger partial charge in [0.1, 0.15) is 5.75 Å². The molecule has 17 heavy (non-hydrogen) atoms. The average molecular weight is 236 g/mol. The third-order valence-electron chi connectivity index (χ3n) is 2.48. The summed E-state index contributed by atoms with van der Waals surface area (Å²) in [7, 11) is 1.63. The fourth-order valence-electron chi connectivity index (χ4n) is 1.44. The number of amides is 1. The zero-order valence-corrected chi connectivity index (χ0v) is 10.4. The lowest BCUT2D eigenvalue weighted by atomic mass is 10.1. The minimum Gasteiger partial charge on any atom is -0.494 e. The number of carbonyl (C=O) groups is 1. The molecule has 4 heteroatoms. The molecule has 0 spiro atoms. The predicted molar refractivity (Wildman–Crippen MR) is 67.8 cm³/mol. The maximum absolute atomic E-state index is 11.0. The van der Waals surface area contributed by atoms with Crippen LogP contribution in [0.2, 0.25) is 0 Å². The molecule has 1 aromatic rings. The quantitative estimate of drug-likeness (QED) is 0.737. The molecular weight excluding hydrogens is 216 g/mol. The lowest BCUT2D eigenvalue weighted by molar-refractivity contribution is -0.120. The van der Waals surface area contributed by atoms with Crippen molar-refractivity contribution in [2.75, 3.05) is 13.7 Å². The van der Waals surface area contributed by atoms with Crippen molar-refractivity contribution in [1.82, 2.24) is 5.32 Å². The topological polar surface area (TPSA) is 64.3 Å². The monoisotopic (exact) mass is 236 g/mol. The summed E-state index contributed by atoms with van der Waals surface area (Å²) in [4.78, 5) is 11.0. The SMILES string of the molecule is CNC(=O)CCCOc1cccc([C@@H](C)N)c1. The molecule has 0 fully saturated rings. The number of rotatable bonds is 6. The zero-order chi connectivity index (χ0) is 12.7. The van der Waals surface area contributed by atoms with Gasteiger partial charge in [0.15, 0.2) is 0 Å². The Morgan fingerprint density at radius 1 is 1.53 bits per heavy atom. The Hall–Kier alpha value is -1.55. The maximum Gasteiger partial charge on any atom is 0.219 e. The first-order valence-electron chi connectivity index (χ1n) is 5.82. The van der Waals surface area contributed by atoms with Crippen molar-refractivity contribution >= 4 is 5.91 Å². The van der Waals surface area contributed by atoms with E-state index >= 15 is 0 Å². The zero-order valence-electron chi connectivity index (χ0n) is 10.4. The Morgan fingerprint density at radius 3 is 2.94 bits per heavy atom. The van der Waals surface area contributed by atoms with E-state index in [1.165, 1.54) is 0 Å². The van der Waals surface area contributed by atoms with Gasteiger partial charge in [0, 0.05) is 19.5 Å². The first kappa shape index (κ1) is 13.5. The van der Waals surface area contributed by atoms with Crippen LogP contribution in [0.15, 0.2) is 24.3 Å². The van der Waals surface area contributed by atoms with Crippen molar-refractivity contribution in [1.29, 1.82) is 0 Å². The molecule has 0 saturated carbocycles. The summed E-state index contributed by atoms with van der Waals surface area (Å²) in [6, 6.07) is 7.73. The van der Waals surface area contributed by atoms with Gasteiger partial charge < -0.3 is 15.8 Å². The Labute approximate surface area is 102 Å². The van der Waals surface area contributed by atoms with Crippen molar-refractivity contribution in [3.63, 3.8) is 0 Å². The van der Waals surface area contributed by atoms with Gasteiger partial charge in [-0.15, -0.1) is 0 Å². The molecule has 3 N–H and O–H groups in total. The molecule has 0 saturated heterocycles. The van der Waals surface area contributed by atoms with Gasteiger partial charge in [0.2, 0.25) is 5.91 Å². The molecule has 0 aliphatic carbocycles. The molecule has 0 aliphatic rings. The van der Waals surface area contributed by atoms with Gasteiger partial charge in [0.05, 0.1) is 6.61 Å². The lowest BCUT2D eigenvalue weighted by Gasteiger charge is -2.09. The van der Waals surface area contributed by atoms with Crippen LogP contribution in [0.5, 0.6) is 5.75 Å². The smallest absolute Gasteiger partial charge is 0.219 e. The standard InChI is InChI=1S/C13H20N2O2/c1-10(14)11-5-3-6-12(9-11)17-8-4-7-13(16)15-2/h3,5-6,9-10H,4,7-8,14H2,1-2H3,(H,15,16)/t10-/m1/s1. The molecule has 4 nitrogen and oxygen atoms in total. The highest BCUT2D eigenvalue weighted by molar-refractivity contribution is 5.75. The summed E-state index contributed by atoms with van der Waals surface area (Å²) >= 11 is 0. The summed E-state index contributed by atoms with van der Waals surface area (Å²) in [5.41, 5.74) is 6.84. The van der Waals surface area contributed by atoms with E-state index in [1.807, 2.05) is 31.2 Å². The van der Waals surface area contributed by atoms with Crippen molar-refractivity contribution in [3.05, 3.63) is 29.8 Å². The average Bonchev–Trinajstić information content (AvgIpc) is 2.34. The third kappa shape index (κ3) is 4.87. The molecule has 0 bridgehead atoms. The highest BCUT2D eigenvalue weighted by Crippen LogP contribution is 2.17. The molecule has 0 unspecified atom stereocenters. The Morgan fingerprint density at radius 2 is 2.29 bits per heavy atom. The van der Waals surface area contributed by atoms with Crippen molar-refractivity contribution in [2.24, 2.45) is 5.73 Å². The first-order chi connectivity index (χ1) is 8.13. The number of hydrogen-bond donors (Lipinski definition) is 2. The van der Waals surface area contributed by atoms with E-state index in [0.29, 0.717) is 19.4 Å². The molecule has 0 aromatic heterocycles. The van der Waals surface area contributed by atoms with E-state index in [4.69, 9.17) is 10.5 Å². The molecule has 1 aromatic carbocycles. The van der Waals surface area contributed by atoms with Gasteiger partial charge in [-0.25, -0.2) is 0 Å². The van der Waals surface area contributed by atoms with E-state index in [9.17, 15) is 4.79 Å². The number of hydrogen-bond acceptors (Lipinski definition) is 3. The van der Waals surface area contributed by atoms with Crippen LogP contribution in [0.1, 0.15) is 31.4 Å². The highest BCUT2D eigenvalue weighted by atomic mass is 16.5. The highest BCUT2D eigenvalue weighted by Gasteiger charge is 2.02. The van der Waals surface area contributed by atoms with Gasteiger partial charge in [0.25, 0.3) is 0 Å². The van der Waals surface area contributed by atoms with Crippen LogP contribution in [-0.4, -0.2) is 19.6 Å². The minimum absolute atomic E-state index is 0.00409. The molecular formula is C13H20N2O2. The van der Waals surface area contributed by atoms with E-state index in [0.717, 1.165) is 11.3 Å². The van der Waals surface area contributed by atoms with Gasteiger partial charge >= 0.3 is 0 Å². The number of benzene rings is 1. The van der Waals surface area contributed by atoms with Gasteiger partial charge in [-0.1, -0.05) is 12.1 Å². The third-order valence-corrected chi connectivity index (χ3v) is 2.48. The normalized spacial score (nSPS) is 11.9. The van der Waals surface area contributed by atoms with Crippen molar-refractivity contribution < 1.29 is 9.53 Å². The van der Waals surface area contributed by atoms with E-state index in [1.54, 1.807) is 7.05 Å². The predicted octanol–water partition coefficient (Wildman–Crippen LogP) is 1.61.